The molecule has 1 aromatic carbocycles. The number of aromatic nitrogens is 2. The van der Waals surface area contributed by atoms with Gasteiger partial charge < -0.3 is 4.40 Å². The van der Waals surface area contributed by atoms with Crippen LogP contribution in [-0.4, -0.2) is 15.3 Å². The molecule has 0 saturated carbocycles. The quantitative estimate of drug-likeness (QED) is 0.370. The van der Waals surface area contributed by atoms with Crippen LogP contribution in [0.3, 0.4) is 0 Å². The smallest absolute Gasteiger partial charge is 0.267 e. The van der Waals surface area contributed by atoms with Gasteiger partial charge in [0.25, 0.3) is 5.91 Å². The van der Waals surface area contributed by atoms with E-state index in [4.69, 9.17) is 5.84 Å². The second kappa shape index (κ2) is 3.57. The van der Waals surface area contributed by atoms with Gasteiger partial charge in [0.05, 0.1) is 28.3 Å². The lowest BCUT2D eigenvalue weighted by Crippen LogP contribution is -2.30. The van der Waals surface area contributed by atoms with Gasteiger partial charge in [0.2, 0.25) is 0 Å². The number of para-hydroxylation sites is 1. The number of amides is 1. The summed E-state index contributed by atoms with van der Waals surface area (Å²) in [5, 5.41) is 0. The van der Waals surface area contributed by atoms with E-state index in [-0.39, 0.29) is 5.91 Å². The van der Waals surface area contributed by atoms with Gasteiger partial charge in [-0.25, -0.2) is 5.84 Å². The zero-order valence-electron chi connectivity index (χ0n) is 8.92. The molecule has 5 nitrogen and oxygen atoms in total. The van der Waals surface area contributed by atoms with Gasteiger partial charge >= 0.3 is 0 Å². The van der Waals surface area contributed by atoms with E-state index < -0.39 is 0 Å². The highest BCUT2D eigenvalue weighted by molar-refractivity contribution is 6.05. The van der Waals surface area contributed by atoms with E-state index in [1.165, 1.54) is 0 Å². The molecule has 3 N–H and O–H groups in total. The summed E-state index contributed by atoms with van der Waals surface area (Å²) in [6.45, 7) is 0. The van der Waals surface area contributed by atoms with Crippen molar-refractivity contribution in [2.75, 3.05) is 0 Å². The zero-order chi connectivity index (χ0) is 11.8. The van der Waals surface area contributed by atoms with Gasteiger partial charge in [-0.3, -0.25) is 15.2 Å². The Bertz CT molecular complexity index is 717. The highest BCUT2D eigenvalue weighted by Crippen LogP contribution is 2.19. The molecular formula is C12H10N4O. The number of carbonyl (C=O) groups is 1. The van der Waals surface area contributed by atoms with E-state index in [0.717, 1.165) is 16.6 Å². The van der Waals surface area contributed by atoms with Gasteiger partial charge in [-0.15, -0.1) is 0 Å². The summed E-state index contributed by atoms with van der Waals surface area (Å²) < 4.78 is 1.92. The van der Waals surface area contributed by atoms with Gasteiger partial charge in [0, 0.05) is 6.20 Å². The van der Waals surface area contributed by atoms with Crippen molar-refractivity contribution in [3.05, 3.63) is 48.3 Å². The van der Waals surface area contributed by atoms with E-state index in [1.807, 2.05) is 28.8 Å². The van der Waals surface area contributed by atoms with Crippen molar-refractivity contribution in [2.45, 2.75) is 0 Å². The van der Waals surface area contributed by atoms with Gasteiger partial charge in [-0.05, 0) is 24.3 Å². The molecule has 0 saturated heterocycles. The Balaban J connectivity index is 2.49. The second-order valence-electron chi connectivity index (χ2n) is 3.71. The van der Waals surface area contributed by atoms with Crippen LogP contribution in [0.4, 0.5) is 0 Å². The van der Waals surface area contributed by atoms with E-state index in [1.54, 1.807) is 18.3 Å². The summed E-state index contributed by atoms with van der Waals surface area (Å²) in [6.07, 6.45) is 3.67. The molecule has 0 aliphatic heterocycles. The van der Waals surface area contributed by atoms with E-state index >= 15 is 0 Å². The molecule has 0 aliphatic carbocycles. The molecule has 0 fully saturated rings. The van der Waals surface area contributed by atoms with Crippen molar-refractivity contribution in [1.82, 2.24) is 14.8 Å². The molecule has 5 heteroatoms. The van der Waals surface area contributed by atoms with Crippen LogP contribution in [0.15, 0.2) is 42.7 Å². The normalized spacial score (nSPS) is 10.9. The maximum absolute atomic E-state index is 11.7. The molecule has 0 radical (unpaired) electrons. The number of nitrogens with one attached hydrogen (secondary N) is 1. The number of benzene rings is 1. The fourth-order valence-electron chi connectivity index (χ4n) is 1.99. The van der Waals surface area contributed by atoms with Crippen LogP contribution in [0.1, 0.15) is 10.4 Å². The first kappa shape index (κ1) is 9.80. The summed E-state index contributed by atoms with van der Waals surface area (Å²) in [5.41, 5.74) is 5.12. The van der Waals surface area contributed by atoms with Crippen LogP contribution < -0.4 is 11.3 Å². The van der Waals surface area contributed by atoms with Gasteiger partial charge in [0.15, 0.2) is 0 Å². The van der Waals surface area contributed by atoms with Crippen LogP contribution in [0.25, 0.3) is 16.6 Å². The Hall–Kier alpha value is -2.40. The average molecular weight is 226 g/mol. The zero-order valence-corrected chi connectivity index (χ0v) is 8.92. The maximum Gasteiger partial charge on any atom is 0.267 e. The first-order valence-electron chi connectivity index (χ1n) is 5.17. The van der Waals surface area contributed by atoms with Gasteiger partial charge in [-0.1, -0.05) is 6.07 Å². The molecule has 2 heterocycles. The number of nitrogen functional groups attached to an aromatic ring is 1. The number of hydrogen-bond acceptors (Lipinski definition) is 3. The Morgan fingerprint density at radius 3 is 3.00 bits per heavy atom. The monoisotopic (exact) mass is 226 g/mol. The highest BCUT2D eigenvalue weighted by Gasteiger charge is 2.11. The lowest BCUT2D eigenvalue weighted by atomic mass is 10.1. The number of rotatable bonds is 1. The number of carbonyl (C=O) groups excluding carboxylic acids is 1. The Labute approximate surface area is 96.8 Å². The van der Waals surface area contributed by atoms with Crippen molar-refractivity contribution in [3.63, 3.8) is 0 Å². The van der Waals surface area contributed by atoms with E-state index in [9.17, 15) is 4.79 Å². The fourth-order valence-corrected chi connectivity index (χ4v) is 1.99. The molecule has 3 rings (SSSR count). The van der Waals surface area contributed by atoms with Crippen molar-refractivity contribution < 1.29 is 4.79 Å². The summed E-state index contributed by atoms with van der Waals surface area (Å²) in [6, 6.07) is 9.22. The van der Waals surface area contributed by atoms with Gasteiger partial charge in [0.1, 0.15) is 0 Å². The standard InChI is InChI=1S/C12H10N4O/c13-15-12(17)9-4-1-5-10-11(9)16-6-2-3-8(16)7-14-10/h1-7H,13H2,(H,15,17). The summed E-state index contributed by atoms with van der Waals surface area (Å²) in [4.78, 5) is 16.0. The lowest BCUT2D eigenvalue weighted by molar-refractivity contribution is 0.0955. The molecule has 0 bridgehead atoms. The molecular weight excluding hydrogens is 216 g/mol. The van der Waals surface area contributed by atoms with Crippen LogP contribution >= 0.6 is 0 Å². The molecule has 0 atom stereocenters. The summed E-state index contributed by atoms with van der Waals surface area (Å²) in [7, 11) is 0. The average Bonchev–Trinajstić information content (AvgIpc) is 2.85. The summed E-state index contributed by atoms with van der Waals surface area (Å²) >= 11 is 0. The predicted octanol–water partition coefficient (Wildman–Crippen LogP) is 1.09. The summed E-state index contributed by atoms with van der Waals surface area (Å²) in [5.74, 6) is 4.86. The van der Waals surface area contributed by atoms with Crippen LogP contribution in [0.5, 0.6) is 0 Å². The third-order valence-corrected chi connectivity index (χ3v) is 2.75. The fraction of sp³-hybridized carbons (Fsp3) is 0. The van der Waals surface area contributed by atoms with Crippen LogP contribution in [-0.2, 0) is 0 Å². The minimum absolute atomic E-state index is 0.321. The highest BCUT2D eigenvalue weighted by atomic mass is 16.2. The molecule has 1 amide bonds. The molecule has 2 aromatic heterocycles. The van der Waals surface area contributed by atoms with Crippen molar-refractivity contribution in [1.29, 1.82) is 0 Å². The van der Waals surface area contributed by atoms with E-state index in [2.05, 4.69) is 10.4 Å². The molecule has 84 valence electrons. The Morgan fingerprint density at radius 1 is 1.29 bits per heavy atom. The topological polar surface area (TPSA) is 72.4 Å². The number of hydrazine groups is 1. The van der Waals surface area contributed by atoms with Crippen LogP contribution in [0.2, 0.25) is 0 Å². The number of hydrogen-bond donors (Lipinski definition) is 2. The molecule has 0 aliphatic rings. The van der Waals surface area contributed by atoms with Crippen molar-refractivity contribution >= 4 is 22.5 Å². The molecule has 3 aromatic rings. The first-order valence-corrected chi connectivity index (χ1v) is 5.17. The number of fused-ring (bicyclic) bond motifs is 3. The molecule has 17 heavy (non-hydrogen) atoms. The maximum atomic E-state index is 11.7. The first-order chi connectivity index (χ1) is 8.31. The predicted molar refractivity (Wildman–Crippen MR) is 64.4 cm³/mol. The Kier molecular flexibility index (Phi) is 2.06. The number of nitrogens with zero attached hydrogens (tertiary/aromatic N) is 2. The van der Waals surface area contributed by atoms with Crippen molar-refractivity contribution in [3.8, 4) is 0 Å². The van der Waals surface area contributed by atoms with Crippen LogP contribution in [0, 0.1) is 0 Å². The van der Waals surface area contributed by atoms with E-state index in [0.29, 0.717) is 5.56 Å². The SMILES string of the molecule is NNC(=O)c1cccc2ncc3cccn3c12. The third-order valence-electron chi connectivity index (χ3n) is 2.75. The molecule has 0 spiro atoms. The van der Waals surface area contributed by atoms with Gasteiger partial charge in [-0.2, -0.15) is 0 Å². The third kappa shape index (κ3) is 1.37. The minimum Gasteiger partial charge on any atom is -0.313 e. The Morgan fingerprint density at radius 2 is 2.18 bits per heavy atom. The largest absolute Gasteiger partial charge is 0.313 e. The number of nitrogens with two attached hydrogens (primary N) is 1. The molecule has 0 unspecified atom stereocenters. The lowest BCUT2D eigenvalue weighted by Gasteiger charge is -2.07. The minimum atomic E-state index is -0.321. The van der Waals surface area contributed by atoms with Crippen molar-refractivity contribution in [2.24, 2.45) is 5.84 Å². The second-order valence-corrected chi connectivity index (χ2v) is 3.71.